The number of hydrogen-bond donors (Lipinski definition) is 2. The van der Waals surface area contributed by atoms with E-state index in [0.717, 1.165) is 0 Å². The minimum absolute atomic E-state index is 0.0174. The lowest BCUT2D eigenvalue weighted by molar-refractivity contribution is 0.0697. The number of hydrogen-bond acceptors (Lipinski definition) is 2. The van der Waals surface area contributed by atoms with Crippen LogP contribution >= 0.6 is 11.6 Å². The van der Waals surface area contributed by atoms with Gasteiger partial charge >= 0.3 is 12.0 Å². The normalized spacial score (nSPS) is 10.9. The van der Waals surface area contributed by atoms with Gasteiger partial charge in [-0.15, -0.1) is 6.58 Å². The third-order valence-electron chi connectivity index (χ3n) is 2.76. The van der Waals surface area contributed by atoms with Crippen LogP contribution in [0.15, 0.2) is 30.9 Å². The molecule has 1 rings (SSSR count). The average Bonchev–Trinajstić information content (AvgIpc) is 2.33. The third-order valence-corrected chi connectivity index (χ3v) is 2.98. The van der Waals surface area contributed by atoms with Crippen molar-refractivity contribution in [1.82, 2.24) is 4.90 Å². The number of anilines is 1. The number of halogens is 1. The number of benzene rings is 1. The summed E-state index contributed by atoms with van der Waals surface area (Å²) in [5.74, 6) is -1.10. The van der Waals surface area contributed by atoms with E-state index in [1.807, 2.05) is 20.8 Å². The molecule has 6 heteroatoms. The quantitative estimate of drug-likeness (QED) is 0.830. The molecule has 114 valence electrons. The van der Waals surface area contributed by atoms with Crippen LogP contribution in [-0.4, -0.2) is 34.1 Å². The molecule has 0 aliphatic heterocycles. The lowest BCUT2D eigenvalue weighted by Gasteiger charge is -2.34. The first-order valence-electron chi connectivity index (χ1n) is 6.38. The summed E-state index contributed by atoms with van der Waals surface area (Å²) in [7, 11) is 0. The molecule has 0 fully saturated rings. The molecule has 0 aliphatic rings. The van der Waals surface area contributed by atoms with E-state index in [2.05, 4.69) is 11.9 Å². The maximum Gasteiger partial charge on any atom is 0.335 e. The monoisotopic (exact) mass is 310 g/mol. The van der Waals surface area contributed by atoms with Gasteiger partial charge in [-0.2, -0.15) is 0 Å². The molecule has 0 radical (unpaired) electrons. The molecule has 2 N–H and O–H groups in total. The zero-order chi connectivity index (χ0) is 16.2. The van der Waals surface area contributed by atoms with Crippen LogP contribution < -0.4 is 5.32 Å². The Bertz CT molecular complexity index is 565. The molecule has 0 atom stereocenters. The molecular formula is C15H19ClN2O3. The van der Waals surface area contributed by atoms with Crippen LogP contribution in [0.5, 0.6) is 0 Å². The van der Waals surface area contributed by atoms with Crippen LogP contribution in [0.3, 0.4) is 0 Å². The van der Waals surface area contributed by atoms with Crippen LogP contribution in [0, 0.1) is 0 Å². The Balaban J connectivity index is 3.01. The van der Waals surface area contributed by atoms with Crippen molar-refractivity contribution in [2.45, 2.75) is 26.3 Å². The second-order valence-corrected chi connectivity index (χ2v) is 5.97. The maximum atomic E-state index is 12.3. The molecule has 1 aromatic rings. The van der Waals surface area contributed by atoms with Crippen molar-refractivity contribution in [2.24, 2.45) is 0 Å². The van der Waals surface area contributed by atoms with Gasteiger partial charge in [0, 0.05) is 22.8 Å². The fourth-order valence-corrected chi connectivity index (χ4v) is 2.00. The SMILES string of the molecule is C=CCN(C(=O)Nc1cc(Cl)cc(C(=O)O)c1)C(C)(C)C. The summed E-state index contributed by atoms with van der Waals surface area (Å²) in [6, 6.07) is 3.84. The Morgan fingerprint density at radius 2 is 2.00 bits per heavy atom. The lowest BCUT2D eigenvalue weighted by Crippen LogP contribution is -2.47. The highest BCUT2D eigenvalue weighted by molar-refractivity contribution is 6.31. The van der Waals surface area contributed by atoms with E-state index < -0.39 is 11.5 Å². The zero-order valence-electron chi connectivity index (χ0n) is 12.3. The van der Waals surface area contributed by atoms with Gasteiger partial charge in [-0.3, -0.25) is 0 Å². The molecule has 21 heavy (non-hydrogen) atoms. The van der Waals surface area contributed by atoms with Gasteiger partial charge in [0.15, 0.2) is 0 Å². The highest BCUT2D eigenvalue weighted by atomic mass is 35.5. The first-order valence-corrected chi connectivity index (χ1v) is 6.76. The van der Waals surface area contributed by atoms with E-state index in [0.29, 0.717) is 12.2 Å². The van der Waals surface area contributed by atoms with E-state index in [1.165, 1.54) is 18.2 Å². The number of rotatable bonds is 4. The predicted molar refractivity (Wildman–Crippen MR) is 84.1 cm³/mol. The van der Waals surface area contributed by atoms with Crippen molar-refractivity contribution < 1.29 is 14.7 Å². The van der Waals surface area contributed by atoms with Gasteiger partial charge < -0.3 is 15.3 Å². The van der Waals surface area contributed by atoms with Crippen LogP contribution in [-0.2, 0) is 0 Å². The van der Waals surface area contributed by atoms with Crippen molar-refractivity contribution in [3.05, 3.63) is 41.4 Å². The molecule has 0 saturated carbocycles. The summed E-state index contributed by atoms with van der Waals surface area (Å²) < 4.78 is 0. The molecule has 0 saturated heterocycles. The summed E-state index contributed by atoms with van der Waals surface area (Å²) in [6.07, 6.45) is 1.63. The molecule has 1 aromatic carbocycles. The average molecular weight is 311 g/mol. The smallest absolute Gasteiger partial charge is 0.335 e. The Labute approximate surface area is 129 Å². The molecule has 0 unspecified atom stereocenters. The van der Waals surface area contributed by atoms with Crippen molar-refractivity contribution >= 4 is 29.3 Å². The van der Waals surface area contributed by atoms with E-state index in [1.54, 1.807) is 11.0 Å². The molecule has 0 heterocycles. The molecule has 5 nitrogen and oxygen atoms in total. The van der Waals surface area contributed by atoms with E-state index in [4.69, 9.17) is 16.7 Å². The second-order valence-electron chi connectivity index (χ2n) is 5.53. The van der Waals surface area contributed by atoms with Crippen molar-refractivity contribution in [2.75, 3.05) is 11.9 Å². The fraction of sp³-hybridized carbons (Fsp3) is 0.333. The fourth-order valence-electron chi connectivity index (χ4n) is 1.77. The highest BCUT2D eigenvalue weighted by Crippen LogP contribution is 2.21. The van der Waals surface area contributed by atoms with Gasteiger partial charge in [0.25, 0.3) is 0 Å². The number of urea groups is 1. The number of carbonyl (C=O) groups excluding carboxylic acids is 1. The van der Waals surface area contributed by atoms with Gasteiger partial charge in [0.05, 0.1) is 5.56 Å². The van der Waals surface area contributed by atoms with Crippen LogP contribution in [0.1, 0.15) is 31.1 Å². The zero-order valence-corrected chi connectivity index (χ0v) is 13.1. The summed E-state index contributed by atoms with van der Waals surface area (Å²) >= 11 is 5.86. The summed E-state index contributed by atoms with van der Waals surface area (Å²) in [5, 5.41) is 11.9. The van der Waals surface area contributed by atoms with Crippen LogP contribution in [0.25, 0.3) is 0 Å². The number of carboxylic acid groups (broad SMARTS) is 1. The highest BCUT2D eigenvalue weighted by Gasteiger charge is 2.25. The number of nitrogens with one attached hydrogen (secondary N) is 1. The van der Waals surface area contributed by atoms with E-state index in [9.17, 15) is 9.59 Å². The Kier molecular flexibility index (Phi) is 5.38. The minimum atomic E-state index is -1.10. The molecule has 0 aromatic heterocycles. The molecule has 2 amide bonds. The first-order chi connectivity index (χ1) is 9.65. The number of carbonyl (C=O) groups is 2. The largest absolute Gasteiger partial charge is 0.478 e. The molecule has 0 bridgehead atoms. The van der Waals surface area contributed by atoms with Crippen LogP contribution in [0.2, 0.25) is 5.02 Å². The first kappa shape index (κ1) is 17.0. The van der Waals surface area contributed by atoms with Gasteiger partial charge in [-0.05, 0) is 39.0 Å². The van der Waals surface area contributed by atoms with Gasteiger partial charge in [0.2, 0.25) is 0 Å². The van der Waals surface area contributed by atoms with Crippen molar-refractivity contribution in [1.29, 1.82) is 0 Å². The third kappa shape index (κ3) is 4.79. The minimum Gasteiger partial charge on any atom is -0.478 e. The summed E-state index contributed by atoms with van der Waals surface area (Å²) in [4.78, 5) is 24.9. The van der Waals surface area contributed by atoms with Gasteiger partial charge in [0.1, 0.15) is 0 Å². The van der Waals surface area contributed by atoms with E-state index >= 15 is 0 Å². The summed E-state index contributed by atoms with van der Waals surface area (Å²) in [6.45, 7) is 9.71. The Hall–Kier alpha value is -2.01. The van der Waals surface area contributed by atoms with Crippen molar-refractivity contribution in [3.8, 4) is 0 Å². The molecule has 0 spiro atoms. The maximum absolute atomic E-state index is 12.3. The number of nitrogens with zero attached hydrogens (tertiary/aromatic N) is 1. The van der Waals surface area contributed by atoms with Crippen LogP contribution in [0.4, 0.5) is 10.5 Å². The Morgan fingerprint density at radius 3 is 2.48 bits per heavy atom. The number of aromatic carboxylic acids is 1. The standard InChI is InChI=1S/C15H19ClN2O3/c1-5-6-18(15(2,3)4)14(21)17-12-8-10(13(19)20)7-11(16)9-12/h5,7-9H,1,6H2,2-4H3,(H,17,21)(H,19,20). The van der Waals surface area contributed by atoms with Gasteiger partial charge in [-0.1, -0.05) is 17.7 Å². The summed E-state index contributed by atoms with van der Waals surface area (Å²) in [5.41, 5.74) is -0.0426. The lowest BCUT2D eigenvalue weighted by atomic mass is 10.1. The molecular weight excluding hydrogens is 292 g/mol. The van der Waals surface area contributed by atoms with E-state index in [-0.39, 0.29) is 16.6 Å². The van der Waals surface area contributed by atoms with Gasteiger partial charge in [-0.25, -0.2) is 9.59 Å². The topological polar surface area (TPSA) is 69.6 Å². The van der Waals surface area contributed by atoms with Crippen molar-refractivity contribution in [3.63, 3.8) is 0 Å². The number of amides is 2. The Morgan fingerprint density at radius 1 is 1.38 bits per heavy atom. The second kappa shape index (κ2) is 6.63. The predicted octanol–water partition coefficient (Wildman–Crippen LogP) is 3.86. The number of carboxylic acids is 1. The molecule has 0 aliphatic carbocycles.